The van der Waals surface area contributed by atoms with Gasteiger partial charge in [-0.05, 0) is 42.2 Å². The van der Waals surface area contributed by atoms with Crippen LogP contribution in [0, 0.1) is 11.7 Å². The Kier molecular flexibility index (Phi) is 6.51. The molecule has 0 radical (unpaired) electrons. The normalized spacial score (nSPS) is 11.6. The van der Waals surface area contributed by atoms with Crippen molar-refractivity contribution in [3.05, 3.63) is 59.9 Å². The summed E-state index contributed by atoms with van der Waals surface area (Å²) in [6.07, 6.45) is 0.893. The first-order chi connectivity index (χ1) is 11.9. The molecule has 0 fully saturated rings. The largest absolute Gasteiger partial charge is 0.482 e. The molecule has 2 aromatic carbocycles. The van der Waals surface area contributed by atoms with Gasteiger partial charge in [0.25, 0.3) is 0 Å². The molecule has 0 bridgehead atoms. The van der Waals surface area contributed by atoms with E-state index in [2.05, 4.69) is 5.32 Å². The van der Waals surface area contributed by atoms with E-state index in [1.807, 2.05) is 13.0 Å². The molecule has 0 aliphatic carbocycles. The number of carbonyl (C=O) groups is 2. The van der Waals surface area contributed by atoms with Gasteiger partial charge in [-0.15, -0.1) is 0 Å². The first kappa shape index (κ1) is 18.4. The van der Waals surface area contributed by atoms with E-state index in [0.29, 0.717) is 17.9 Å². The fraction of sp³-hybridized carbons (Fsp3) is 0.263. The van der Waals surface area contributed by atoms with Crippen molar-refractivity contribution in [3.8, 4) is 5.75 Å². The SMILES string of the molecule is CC(CC(=O)Nc1cccc(OCC(=O)O)c1)Cc1cccc(F)c1. The van der Waals surface area contributed by atoms with E-state index >= 15 is 0 Å². The third-order valence-corrected chi connectivity index (χ3v) is 3.49. The second kappa shape index (κ2) is 8.82. The molecule has 1 unspecified atom stereocenters. The van der Waals surface area contributed by atoms with Crippen LogP contribution >= 0.6 is 0 Å². The van der Waals surface area contributed by atoms with Crippen molar-refractivity contribution >= 4 is 17.6 Å². The molecule has 0 heterocycles. The van der Waals surface area contributed by atoms with Gasteiger partial charge in [-0.3, -0.25) is 4.79 Å². The molecule has 2 aromatic rings. The maximum Gasteiger partial charge on any atom is 0.341 e. The standard InChI is InChI=1S/C19H20FNO4/c1-13(8-14-4-2-5-15(20)10-14)9-18(22)21-16-6-3-7-17(11-16)25-12-19(23)24/h2-7,10-11,13H,8-9,12H2,1H3,(H,21,22)(H,23,24). The summed E-state index contributed by atoms with van der Waals surface area (Å²) in [6.45, 7) is 1.49. The Morgan fingerprint density at radius 1 is 1.20 bits per heavy atom. The lowest BCUT2D eigenvalue weighted by molar-refractivity contribution is -0.139. The Labute approximate surface area is 145 Å². The van der Waals surface area contributed by atoms with Crippen LogP contribution in [0.4, 0.5) is 10.1 Å². The molecule has 6 heteroatoms. The molecule has 1 amide bonds. The molecule has 132 valence electrons. The van der Waals surface area contributed by atoms with E-state index in [1.165, 1.54) is 12.1 Å². The number of carboxylic acids is 1. The maximum absolute atomic E-state index is 13.2. The first-order valence-corrected chi connectivity index (χ1v) is 7.91. The van der Waals surface area contributed by atoms with E-state index in [1.54, 1.807) is 30.3 Å². The molecule has 0 spiro atoms. The van der Waals surface area contributed by atoms with Crippen molar-refractivity contribution < 1.29 is 23.8 Å². The van der Waals surface area contributed by atoms with Gasteiger partial charge in [-0.2, -0.15) is 0 Å². The predicted octanol–water partition coefficient (Wildman–Crippen LogP) is 3.50. The number of rotatable bonds is 8. The van der Waals surface area contributed by atoms with Crippen LogP contribution in [0.3, 0.4) is 0 Å². The van der Waals surface area contributed by atoms with Crippen LogP contribution in [0.25, 0.3) is 0 Å². The fourth-order valence-electron chi connectivity index (χ4n) is 2.48. The van der Waals surface area contributed by atoms with Crippen molar-refractivity contribution in [1.29, 1.82) is 0 Å². The third-order valence-electron chi connectivity index (χ3n) is 3.49. The minimum absolute atomic E-state index is 0.0493. The van der Waals surface area contributed by atoms with Crippen molar-refractivity contribution in [2.24, 2.45) is 5.92 Å². The van der Waals surface area contributed by atoms with Crippen LogP contribution in [0.15, 0.2) is 48.5 Å². The van der Waals surface area contributed by atoms with E-state index in [9.17, 15) is 14.0 Å². The van der Waals surface area contributed by atoms with Gasteiger partial charge in [0.05, 0.1) is 0 Å². The number of ether oxygens (including phenoxy) is 1. The van der Waals surface area contributed by atoms with Gasteiger partial charge in [-0.25, -0.2) is 9.18 Å². The van der Waals surface area contributed by atoms with E-state index in [4.69, 9.17) is 9.84 Å². The Morgan fingerprint density at radius 3 is 2.68 bits per heavy atom. The van der Waals surface area contributed by atoms with Gasteiger partial charge in [0, 0.05) is 18.2 Å². The lowest BCUT2D eigenvalue weighted by Gasteiger charge is -2.12. The highest BCUT2D eigenvalue weighted by atomic mass is 19.1. The van der Waals surface area contributed by atoms with Crippen molar-refractivity contribution in [2.75, 3.05) is 11.9 Å². The van der Waals surface area contributed by atoms with Crippen molar-refractivity contribution in [1.82, 2.24) is 0 Å². The number of carbonyl (C=O) groups excluding carboxylic acids is 1. The van der Waals surface area contributed by atoms with E-state index < -0.39 is 12.6 Å². The Morgan fingerprint density at radius 2 is 1.96 bits per heavy atom. The Bertz CT molecular complexity index is 748. The maximum atomic E-state index is 13.2. The Balaban J connectivity index is 1.87. The molecule has 5 nitrogen and oxygen atoms in total. The number of anilines is 1. The lowest BCUT2D eigenvalue weighted by atomic mass is 9.97. The number of nitrogens with one attached hydrogen (secondary N) is 1. The zero-order valence-electron chi connectivity index (χ0n) is 13.9. The molecular formula is C19H20FNO4. The molecule has 0 aliphatic rings. The van der Waals surface area contributed by atoms with Gasteiger partial charge >= 0.3 is 5.97 Å². The molecule has 2 N–H and O–H groups in total. The number of benzene rings is 2. The number of hydrogen-bond donors (Lipinski definition) is 2. The van der Waals surface area contributed by atoms with Gasteiger partial charge in [0.15, 0.2) is 6.61 Å². The van der Waals surface area contributed by atoms with Crippen LogP contribution in [0.2, 0.25) is 0 Å². The summed E-state index contributed by atoms with van der Waals surface area (Å²) in [4.78, 5) is 22.6. The molecule has 0 aromatic heterocycles. The summed E-state index contributed by atoms with van der Waals surface area (Å²) in [6, 6.07) is 12.9. The smallest absolute Gasteiger partial charge is 0.341 e. The average Bonchev–Trinajstić information content (AvgIpc) is 2.53. The molecule has 0 saturated heterocycles. The highest BCUT2D eigenvalue weighted by Crippen LogP contribution is 2.19. The van der Waals surface area contributed by atoms with Crippen LogP contribution in [-0.2, 0) is 16.0 Å². The molecule has 25 heavy (non-hydrogen) atoms. The first-order valence-electron chi connectivity index (χ1n) is 7.91. The second-order valence-corrected chi connectivity index (χ2v) is 5.90. The van der Waals surface area contributed by atoms with Gasteiger partial charge in [-0.1, -0.05) is 25.1 Å². The van der Waals surface area contributed by atoms with Crippen LogP contribution in [0.5, 0.6) is 5.75 Å². The Hall–Kier alpha value is -2.89. The van der Waals surface area contributed by atoms with Crippen LogP contribution in [-0.4, -0.2) is 23.6 Å². The van der Waals surface area contributed by atoms with Gasteiger partial charge < -0.3 is 15.2 Å². The predicted molar refractivity (Wildman–Crippen MR) is 92.1 cm³/mol. The van der Waals surface area contributed by atoms with Crippen LogP contribution < -0.4 is 10.1 Å². The average molecular weight is 345 g/mol. The quantitative estimate of drug-likeness (QED) is 0.768. The minimum Gasteiger partial charge on any atom is -0.482 e. The number of carboxylic acid groups (broad SMARTS) is 1. The number of aliphatic carboxylic acids is 1. The summed E-state index contributed by atoms with van der Waals surface area (Å²) >= 11 is 0. The van der Waals surface area contributed by atoms with Crippen molar-refractivity contribution in [3.63, 3.8) is 0 Å². The van der Waals surface area contributed by atoms with E-state index in [0.717, 1.165) is 5.56 Å². The topological polar surface area (TPSA) is 75.6 Å². The molecular weight excluding hydrogens is 325 g/mol. The monoisotopic (exact) mass is 345 g/mol. The minimum atomic E-state index is -1.07. The third kappa shape index (κ3) is 6.63. The zero-order chi connectivity index (χ0) is 18.2. The molecule has 0 aliphatic heterocycles. The summed E-state index contributed by atoms with van der Waals surface area (Å²) in [5.74, 6) is -1.10. The van der Waals surface area contributed by atoms with Gasteiger partial charge in [0.2, 0.25) is 5.91 Å². The van der Waals surface area contributed by atoms with Crippen molar-refractivity contribution in [2.45, 2.75) is 19.8 Å². The number of halogens is 1. The summed E-state index contributed by atoms with van der Waals surface area (Å²) in [5.41, 5.74) is 1.38. The highest BCUT2D eigenvalue weighted by molar-refractivity contribution is 5.91. The number of hydrogen-bond acceptors (Lipinski definition) is 3. The molecule has 0 saturated carbocycles. The highest BCUT2D eigenvalue weighted by Gasteiger charge is 2.11. The number of amides is 1. The fourth-order valence-corrected chi connectivity index (χ4v) is 2.48. The summed E-state index contributed by atoms with van der Waals surface area (Å²) in [7, 11) is 0. The molecule has 2 rings (SSSR count). The zero-order valence-corrected chi connectivity index (χ0v) is 13.9. The van der Waals surface area contributed by atoms with Gasteiger partial charge in [0.1, 0.15) is 11.6 Å². The lowest BCUT2D eigenvalue weighted by Crippen LogP contribution is -2.16. The molecule has 1 atom stereocenters. The summed E-state index contributed by atoms with van der Waals surface area (Å²) < 4.78 is 18.3. The second-order valence-electron chi connectivity index (χ2n) is 5.90. The van der Waals surface area contributed by atoms with E-state index in [-0.39, 0.29) is 24.1 Å². The van der Waals surface area contributed by atoms with Crippen LogP contribution in [0.1, 0.15) is 18.9 Å². The summed E-state index contributed by atoms with van der Waals surface area (Å²) in [5, 5.41) is 11.4.